The summed E-state index contributed by atoms with van der Waals surface area (Å²) >= 11 is 0. The van der Waals surface area contributed by atoms with Crippen LogP contribution < -0.4 is 0 Å². The molecule has 0 N–H and O–H groups in total. The summed E-state index contributed by atoms with van der Waals surface area (Å²) < 4.78 is 5.52. The number of ether oxygens (including phenoxy) is 1. The maximum absolute atomic E-state index is 12.4. The summed E-state index contributed by atoms with van der Waals surface area (Å²) in [7, 11) is 0. The van der Waals surface area contributed by atoms with Crippen LogP contribution in [0.15, 0.2) is 24.3 Å². The summed E-state index contributed by atoms with van der Waals surface area (Å²) in [6, 6.07) is 7.65. The second-order valence-corrected chi connectivity index (χ2v) is 8.17. The van der Waals surface area contributed by atoms with Crippen molar-refractivity contribution in [1.82, 2.24) is 14.9 Å². The minimum atomic E-state index is -0.389. The maximum Gasteiger partial charge on any atom is 0.309 e. The fourth-order valence-electron chi connectivity index (χ4n) is 3.31. The van der Waals surface area contributed by atoms with Crippen LogP contribution in [0, 0.1) is 18.3 Å². The Labute approximate surface area is 159 Å². The van der Waals surface area contributed by atoms with Crippen molar-refractivity contribution in [3.8, 4) is 0 Å². The van der Waals surface area contributed by atoms with E-state index in [9.17, 15) is 9.59 Å². The Kier molecular flexibility index (Phi) is 5.44. The number of para-hydroxylation sites is 2. The summed E-state index contributed by atoms with van der Waals surface area (Å²) in [6.45, 7) is 8.96. The smallest absolute Gasteiger partial charge is 0.309 e. The fraction of sp³-hybridized carbons (Fsp3) is 0.524. The molecule has 2 aromatic rings. The van der Waals surface area contributed by atoms with Crippen molar-refractivity contribution in [3.05, 3.63) is 35.7 Å². The van der Waals surface area contributed by atoms with E-state index in [-0.39, 0.29) is 29.8 Å². The van der Waals surface area contributed by atoms with Crippen LogP contribution in [-0.4, -0.2) is 39.8 Å². The maximum atomic E-state index is 12.4. The highest BCUT2D eigenvalue weighted by atomic mass is 16.5. The number of likely N-dealkylation sites (tertiary alicyclic amines) is 1. The molecule has 1 saturated heterocycles. The van der Waals surface area contributed by atoms with E-state index in [0.29, 0.717) is 31.6 Å². The minimum absolute atomic E-state index is 0.129. The average Bonchev–Trinajstić information content (AvgIpc) is 2.65. The van der Waals surface area contributed by atoms with Gasteiger partial charge >= 0.3 is 5.97 Å². The zero-order chi connectivity index (χ0) is 19.6. The van der Waals surface area contributed by atoms with Gasteiger partial charge in [0.05, 0.1) is 28.3 Å². The highest BCUT2D eigenvalue weighted by Gasteiger charge is 2.33. The van der Waals surface area contributed by atoms with E-state index in [1.807, 2.05) is 56.9 Å². The van der Waals surface area contributed by atoms with E-state index in [4.69, 9.17) is 4.74 Å². The van der Waals surface area contributed by atoms with E-state index in [0.717, 1.165) is 16.7 Å². The average molecular weight is 369 g/mol. The summed E-state index contributed by atoms with van der Waals surface area (Å²) in [4.78, 5) is 35.7. The highest BCUT2D eigenvalue weighted by molar-refractivity contribution is 5.82. The lowest BCUT2D eigenvalue weighted by Crippen LogP contribution is -2.45. The number of esters is 1. The van der Waals surface area contributed by atoms with Crippen molar-refractivity contribution in [1.29, 1.82) is 0 Å². The number of aromatic nitrogens is 2. The van der Waals surface area contributed by atoms with Crippen molar-refractivity contribution in [2.24, 2.45) is 11.3 Å². The van der Waals surface area contributed by atoms with Crippen LogP contribution in [0.3, 0.4) is 0 Å². The molecular weight excluding hydrogens is 342 g/mol. The van der Waals surface area contributed by atoms with E-state index in [2.05, 4.69) is 9.97 Å². The number of hydrogen-bond donors (Lipinski definition) is 0. The summed E-state index contributed by atoms with van der Waals surface area (Å²) in [5.41, 5.74) is 2.69. The van der Waals surface area contributed by atoms with Crippen LogP contribution >= 0.6 is 0 Å². The molecule has 1 amide bonds. The molecule has 3 rings (SSSR count). The quantitative estimate of drug-likeness (QED) is 0.777. The topological polar surface area (TPSA) is 72.4 Å². The molecule has 1 aliphatic heterocycles. The van der Waals surface area contributed by atoms with E-state index >= 15 is 0 Å². The van der Waals surface area contributed by atoms with Gasteiger partial charge in [0, 0.05) is 18.5 Å². The lowest BCUT2D eigenvalue weighted by Gasteiger charge is -2.34. The molecule has 6 heteroatoms. The highest BCUT2D eigenvalue weighted by Crippen LogP contribution is 2.24. The number of benzene rings is 1. The van der Waals surface area contributed by atoms with Crippen LogP contribution in [0.5, 0.6) is 0 Å². The van der Waals surface area contributed by atoms with Gasteiger partial charge in [-0.15, -0.1) is 0 Å². The number of carbonyl (C=O) groups excluding carboxylic acids is 2. The molecule has 1 aromatic heterocycles. The Balaban J connectivity index is 1.56. The molecule has 0 unspecified atom stereocenters. The third-order valence-electron chi connectivity index (χ3n) is 4.95. The van der Waals surface area contributed by atoms with Crippen molar-refractivity contribution >= 4 is 22.9 Å². The first-order chi connectivity index (χ1) is 12.8. The predicted octanol–water partition coefficient (Wildman–Crippen LogP) is 3.27. The first-order valence-corrected chi connectivity index (χ1v) is 9.44. The Bertz CT molecular complexity index is 849. The van der Waals surface area contributed by atoms with Crippen molar-refractivity contribution in [3.63, 3.8) is 0 Å². The molecule has 0 spiro atoms. The van der Waals surface area contributed by atoms with E-state index in [1.165, 1.54) is 0 Å². The van der Waals surface area contributed by atoms with Crippen LogP contribution in [0.2, 0.25) is 0 Å². The Morgan fingerprint density at radius 3 is 2.30 bits per heavy atom. The van der Waals surface area contributed by atoms with Gasteiger partial charge < -0.3 is 9.64 Å². The van der Waals surface area contributed by atoms with Crippen LogP contribution in [0.4, 0.5) is 0 Å². The second-order valence-electron chi connectivity index (χ2n) is 8.17. The Morgan fingerprint density at radius 2 is 1.70 bits per heavy atom. The molecule has 1 fully saturated rings. The number of amides is 1. The fourth-order valence-corrected chi connectivity index (χ4v) is 3.31. The number of carbonyl (C=O) groups is 2. The number of hydrogen-bond acceptors (Lipinski definition) is 5. The van der Waals surface area contributed by atoms with Crippen LogP contribution in [0.25, 0.3) is 11.0 Å². The molecule has 1 aliphatic rings. The van der Waals surface area contributed by atoms with Gasteiger partial charge in [-0.1, -0.05) is 32.9 Å². The van der Waals surface area contributed by atoms with Crippen LogP contribution in [0.1, 0.15) is 45.0 Å². The lowest BCUT2D eigenvalue weighted by atomic mass is 9.91. The van der Waals surface area contributed by atoms with Gasteiger partial charge in [0.1, 0.15) is 6.61 Å². The standard InChI is InChI=1S/C21H27N3O3/c1-14-18(23-17-8-6-5-7-16(17)22-14)13-27-19(25)15-9-11-24(12-10-15)20(26)21(2,3)4/h5-8,15H,9-13H2,1-4H3. The van der Waals surface area contributed by atoms with Crippen molar-refractivity contribution in [2.75, 3.05) is 13.1 Å². The van der Waals surface area contributed by atoms with Gasteiger partial charge in [-0.05, 0) is 31.9 Å². The predicted molar refractivity (Wildman–Crippen MR) is 103 cm³/mol. The van der Waals surface area contributed by atoms with Crippen LogP contribution in [-0.2, 0) is 20.9 Å². The first-order valence-electron chi connectivity index (χ1n) is 9.44. The monoisotopic (exact) mass is 369 g/mol. The third-order valence-corrected chi connectivity index (χ3v) is 4.95. The van der Waals surface area contributed by atoms with Gasteiger partial charge in [0.25, 0.3) is 0 Å². The van der Waals surface area contributed by atoms with Crippen molar-refractivity contribution < 1.29 is 14.3 Å². The Hall–Kier alpha value is -2.50. The molecule has 0 bridgehead atoms. The molecule has 0 aliphatic carbocycles. The number of rotatable bonds is 3. The molecule has 0 saturated carbocycles. The second kappa shape index (κ2) is 7.62. The molecule has 6 nitrogen and oxygen atoms in total. The molecule has 2 heterocycles. The summed E-state index contributed by atoms with van der Waals surface area (Å²) in [5.74, 6) is -0.244. The first kappa shape index (κ1) is 19.3. The zero-order valence-corrected chi connectivity index (χ0v) is 16.5. The molecule has 144 valence electrons. The normalized spacial score (nSPS) is 15.8. The van der Waals surface area contributed by atoms with Crippen molar-refractivity contribution in [2.45, 2.75) is 47.1 Å². The minimum Gasteiger partial charge on any atom is -0.459 e. The van der Waals surface area contributed by atoms with Gasteiger partial charge in [0.2, 0.25) is 5.91 Å². The molecule has 0 radical (unpaired) electrons. The molecule has 0 atom stereocenters. The Morgan fingerprint density at radius 1 is 1.11 bits per heavy atom. The molecule has 1 aromatic carbocycles. The third kappa shape index (κ3) is 4.43. The number of piperidine rings is 1. The number of nitrogens with zero attached hydrogens (tertiary/aromatic N) is 3. The van der Waals surface area contributed by atoms with E-state index < -0.39 is 0 Å². The van der Waals surface area contributed by atoms with Gasteiger partial charge in [-0.25, -0.2) is 9.97 Å². The lowest BCUT2D eigenvalue weighted by molar-refractivity contribution is -0.154. The molecular formula is C21H27N3O3. The number of aryl methyl sites for hydroxylation is 1. The summed E-state index contributed by atoms with van der Waals surface area (Å²) in [6.07, 6.45) is 1.28. The number of fused-ring (bicyclic) bond motifs is 1. The summed E-state index contributed by atoms with van der Waals surface area (Å²) in [5, 5.41) is 0. The largest absolute Gasteiger partial charge is 0.459 e. The molecule has 27 heavy (non-hydrogen) atoms. The van der Waals surface area contributed by atoms with Gasteiger partial charge in [-0.3, -0.25) is 9.59 Å². The van der Waals surface area contributed by atoms with E-state index in [1.54, 1.807) is 0 Å². The zero-order valence-electron chi connectivity index (χ0n) is 16.5. The van der Waals surface area contributed by atoms with Gasteiger partial charge in [0.15, 0.2) is 0 Å². The van der Waals surface area contributed by atoms with Gasteiger partial charge in [-0.2, -0.15) is 0 Å². The SMILES string of the molecule is Cc1nc2ccccc2nc1COC(=O)C1CCN(C(=O)C(C)(C)C)CC1.